The molecule has 0 spiro atoms. The molecule has 0 saturated carbocycles. The molecule has 3 aromatic rings. The number of amides is 1. The van der Waals surface area contributed by atoms with E-state index in [1.54, 1.807) is 12.4 Å². The number of carbonyl (C=O) groups excluding carboxylic acids is 1. The zero-order chi connectivity index (χ0) is 25.9. The molecule has 190 valence electrons. The number of carbonyl (C=O) groups is 1. The fourth-order valence-electron chi connectivity index (χ4n) is 4.64. The first-order valence-electron chi connectivity index (χ1n) is 12.8. The van der Waals surface area contributed by atoms with Crippen LogP contribution in [0.1, 0.15) is 63.1 Å². The number of anilines is 1. The van der Waals surface area contributed by atoms with Crippen molar-refractivity contribution in [3.8, 4) is 17.1 Å². The third kappa shape index (κ3) is 5.76. The van der Waals surface area contributed by atoms with Gasteiger partial charge in [0.1, 0.15) is 0 Å². The van der Waals surface area contributed by atoms with Crippen molar-refractivity contribution in [1.29, 1.82) is 0 Å². The Morgan fingerprint density at radius 3 is 2.47 bits per heavy atom. The van der Waals surface area contributed by atoms with Crippen molar-refractivity contribution in [2.24, 2.45) is 0 Å². The van der Waals surface area contributed by atoms with Gasteiger partial charge in [0, 0.05) is 17.8 Å². The summed E-state index contributed by atoms with van der Waals surface area (Å²) in [5.41, 5.74) is 5.41. The molecule has 2 aromatic carbocycles. The summed E-state index contributed by atoms with van der Waals surface area (Å²) in [5, 5.41) is 0. The molecule has 1 atom stereocenters. The number of fused-ring (bicyclic) bond motifs is 1. The summed E-state index contributed by atoms with van der Waals surface area (Å²) in [6.07, 6.45) is 5.20. The minimum absolute atomic E-state index is 0.0214. The van der Waals surface area contributed by atoms with Gasteiger partial charge in [0.2, 0.25) is 5.91 Å². The average molecular weight is 487 g/mol. The molecule has 0 aliphatic carbocycles. The van der Waals surface area contributed by atoms with Crippen LogP contribution in [-0.4, -0.2) is 48.0 Å². The van der Waals surface area contributed by atoms with E-state index in [9.17, 15) is 4.79 Å². The maximum Gasteiger partial charge on any atom is 0.234 e. The Kier molecular flexibility index (Phi) is 7.74. The molecular formula is C30H38N4O2. The van der Waals surface area contributed by atoms with Crippen LogP contribution in [0.5, 0.6) is 5.75 Å². The van der Waals surface area contributed by atoms with Gasteiger partial charge in [-0.1, -0.05) is 58.0 Å². The highest BCUT2D eigenvalue weighted by atomic mass is 16.5. The summed E-state index contributed by atoms with van der Waals surface area (Å²) in [6.45, 7) is 10.8. The van der Waals surface area contributed by atoms with Crippen LogP contribution in [0.15, 0.2) is 54.9 Å². The molecule has 0 radical (unpaired) electrons. The molecule has 6 heteroatoms. The van der Waals surface area contributed by atoms with Gasteiger partial charge in [0.25, 0.3) is 0 Å². The zero-order valence-electron chi connectivity index (χ0n) is 22.4. The standard InChI is InChI=1S/C30H38N4O2/c1-7-25-26-13-12-23(30(2,3)4)17-27(26)34(29(25)35)20-21-10-8-11-22(16-21)28-31-18-24(19-32-28)36-15-9-14-33(5)6/h8,10-13,16-19,25H,7,9,14-15,20H2,1-6H3. The predicted octanol–water partition coefficient (Wildman–Crippen LogP) is 5.81. The van der Waals surface area contributed by atoms with Gasteiger partial charge in [-0.25, -0.2) is 9.97 Å². The van der Waals surface area contributed by atoms with Crippen molar-refractivity contribution < 1.29 is 9.53 Å². The summed E-state index contributed by atoms with van der Waals surface area (Å²) in [6, 6.07) is 14.7. The van der Waals surface area contributed by atoms with Crippen LogP contribution in [0, 0.1) is 0 Å². The van der Waals surface area contributed by atoms with Crippen LogP contribution in [0.3, 0.4) is 0 Å². The van der Waals surface area contributed by atoms with E-state index < -0.39 is 0 Å². The van der Waals surface area contributed by atoms with E-state index in [-0.39, 0.29) is 17.2 Å². The Labute approximate surface area is 215 Å². The number of hydrogen-bond donors (Lipinski definition) is 0. The molecule has 4 rings (SSSR count). The summed E-state index contributed by atoms with van der Waals surface area (Å²) < 4.78 is 5.76. The first-order valence-corrected chi connectivity index (χ1v) is 12.8. The van der Waals surface area contributed by atoms with E-state index >= 15 is 0 Å². The molecule has 1 amide bonds. The van der Waals surface area contributed by atoms with Gasteiger partial charge in [-0.3, -0.25) is 4.79 Å². The lowest BCUT2D eigenvalue weighted by Gasteiger charge is -2.23. The number of aromatic nitrogens is 2. The first kappa shape index (κ1) is 25.8. The van der Waals surface area contributed by atoms with Gasteiger partial charge in [-0.2, -0.15) is 0 Å². The molecule has 1 aliphatic heterocycles. The fraction of sp³-hybridized carbons (Fsp3) is 0.433. The zero-order valence-corrected chi connectivity index (χ0v) is 22.4. The fourth-order valence-corrected chi connectivity index (χ4v) is 4.64. The van der Waals surface area contributed by atoms with Crippen molar-refractivity contribution in [1.82, 2.24) is 14.9 Å². The van der Waals surface area contributed by atoms with Crippen LogP contribution in [0.2, 0.25) is 0 Å². The Balaban J connectivity index is 1.52. The molecule has 0 saturated heterocycles. The van der Waals surface area contributed by atoms with Crippen molar-refractivity contribution in [2.45, 2.75) is 58.4 Å². The normalized spacial score (nSPS) is 15.5. The van der Waals surface area contributed by atoms with Gasteiger partial charge in [0.05, 0.1) is 31.5 Å². The third-order valence-electron chi connectivity index (χ3n) is 6.71. The lowest BCUT2D eigenvalue weighted by Crippen LogP contribution is -2.28. The molecule has 36 heavy (non-hydrogen) atoms. The van der Waals surface area contributed by atoms with Crippen molar-refractivity contribution in [3.05, 3.63) is 71.5 Å². The van der Waals surface area contributed by atoms with Gasteiger partial charge >= 0.3 is 0 Å². The third-order valence-corrected chi connectivity index (χ3v) is 6.71. The van der Waals surface area contributed by atoms with Crippen molar-refractivity contribution >= 4 is 11.6 Å². The molecular weight excluding hydrogens is 448 g/mol. The van der Waals surface area contributed by atoms with Gasteiger partial charge in [0.15, 0.2) is 11.6 Å². The van der Waals surface area contributed by atoms with Crippen LogP contribution < -0.4 is 9.64 Å². The minimum atomic E-state index is -0.0780. The Hall–Kier alpha value is -3.25. The number of hydrogen-bond acceptors (Lipinski definition) is 5. The molecule has 1 aliphatic rings. The highest BCUT2D eigenvalue weighted by Crippen LogP contribution is 2.42. The van der Waals surface area contributed by atoms with Gasteiger partial charge < -0.3 is 14.5 Å². The number of rotatable bonds is 9. The highest BCUT2D eigenvalue weighted by molar-refractivity contribution is 6.05. The molecule has 0 N–H and O–H groups in total. The quantitative estimate of drug-likeness (QED) is 0.357. The SMILES string of the molecule is CCC1C(=O)N(Cc2cccc(-c3ncc(OCCCN(C)C)cn3)c2)c2cc(C(C)(C)C)ccc21. The molecule has 2 heterocycles. The van der Waals surface area contributed by atoms with Crippen LogP contribution >= 0.6 is 0 Å². The lowest BCUT2D eigenvalue weighted by molar-refractivity contribution is -0.119. The predicted molar refractivity (Wildman–Crippen MR) is 145 cm³/mol. The summed E-state index contributed by atoms with van der Waals surface area (Å²) >= 11 is 0. The van der Waals surface area contributed by atoms with E-state index in [4.69, 9.17) is 4.74 Å². The molecule has 0 bridgehead atoms. The van der Waals surface area contributed by atoms with E-state index in [0.29, 0.717) is 24.7 Å². The smallest absolute Gasteiger partial charge is 0.234 e. The molecule has 1 aromatic heterocycles. The van der Waals surface area contributed by atoms with E-state index in [1.807, 2.05) is 17.0 Å². The first-order chi connectivity index (χ1) is 17.2. The maximum absolute atomic E-state index is 13.4. The monoisotopic (exact) mass is 486 g/mol. The van der Waals surface area contributed by atoms with E-state index in [2.05, 4.69) is 87.0 Å². The van der Waals surface area contributed by atoms with Crippen molar-refractivity contribution in [3.63, 3.8) is 0 Å². The van der Waals surface area contributed by atoms with Gasteiger partial charge in [-0.15, -0.1) is 0 Å². The number of nitrogens with zero attached hydrogens (tertiary/aromatic N) is 4. The second-order valence-electron chi connectivity index (χ2n) is 10.9. The Bertz CT molecular complexity index is 1200. The van der Waals surface area contributed by atoms with E-state index in [0.717, 1.165) is 41.8 Å². The molecule has 0 fully saturated rings. The molecule has 6 nitrogen and oxygen atoms in total. The molecule has 1 unspecified atom stereocenters. The van der Waals surface area contributed by atoms with Crippen molar-refractivity contribution in [2.75, 3.05) is 32.1 Å². The Morgan fingerprint density at radius 2 is 1.81 bits per heavy atom. The summed E-state index contributed by atoms with van der Waals surface area (Å²) in [4.78, 5) is 26.5. The second kappa shape index (κ2) is 10.8. The van der Waals surface area contributed by atoms with Gasteiger partial charge in [-0.05, 0) is 61.2 Å². The Morgan fingerprint density at radius 1 is 1.06 bits per heavy atom. The lowest BCUT2D eigenvalue weighted by atomic mass is 9.85. The second-order valence-corrected chi connectivity index (χ2v) is 10.9. The highest BCUT2D eigenvalue weighted by Gasteiger charge is 2.36. The van der Waals surface area contributed by atoms with E-state index in [1.165, 1.54) is 5.56 Å². The number of ether oxygens (including phenoxy) is 1. The van der Waals surface area contributed by atoms with Crippen LogP contribution in [-0.2, 0) is 16.8 Å². The largest absolute Gasteiger partial charge is 0.490 e. The average Bonchev–Trinajstić information content (AvgIpc) is 3.11. The van der Waals surface area contributed by atoms with Crippen LogP contribution in [0.25, 0.3) is 11.4 Å². The summed E-state index contributed by atoms with van der Waals surface area (Å²) in [7, 11) is 4.10. The topological polar surface area (TPSA) is 58.6 Å². The maximum atomic E-state index is 13.4. The number of benzene rings is 2. The van der Waals surface area contributed by atoms with Crippen LogP contribution in [0.4, 0.5) is 5.69 Å². The minimum Gasteiger partial charge on any atom is -0.490 e. The summed E-state index contributed by atoms with van der Waals surface area (Å²) in [5.74, 6) is 1.42.